The molecule has 5 heteroatoms. The number of fused-ring (bicyclic) bond motifs is 1. The number of rotatable bonds is 7. The summed E-state index contributed by atoms with van der Waals surface area (Å²) in [4.78, 5) is 16.9. The average molecular weight is 299 g/mol. The molecule has 1 heterocycles. The van der Waals surface area contributed by atoms with E-state index in [-0.39, 0.29) is 5.97 Å². The summed E-state index contributed by atoms with van der Waals surface area (Å²) >= 11 is 0. The molecule has 0 atom stereocenters. The summed E-state index contributed by atoms with van der Waals surface area (Å²) in [6.45, 7) is 4.21. The molecule has 0 aliphatic heterocycles. The van der Waals surface area contributed by atoms with E-state index >= 15 is 0 Å². The lowest BCUT2D eigenvalue weighted by molar-refractivity contribution is 0.0601. The Morgan fingerprint density at radius 2 is 2.27 bits per heavy atom. The fourth-order valence-electron chi connectivity index (χ4n) is 2.50. The highest BCUT2D eigenvalue weighted by Crippen LogP contribution is 2.21. The lowest BCUT2D eigenvalue weighted by Gasteiger charge is -2.18. The van der Waals surface area contributed by atoms with E-state index in [4.69, 9.17) is 10.00 Å². The summed E-state index contributed by atoms with van der Waals surface area (Å²) in [6.07, 6.45) is 4.14. The van der Waals surface area contributed by atoms with Crippen LogP contribution in [0.2, 0.25) is 0 Å². The van der Waals surface area contributed by atoms with E-state index in [2.05, 4.69) is 22.9 Å². The first-order chi connectivity index (χ1) is 10.7. The van der Waals surface area contributed by atoms with E-state index in [0.717, 1.165) is 42.4 Å². The number of unbranched alkanes of at least 4 members (excludes halogenated alkanes) is 1. The highest BCUT2D eigenvalue weighted by molar-refractivity contribution is 5.95. The number of hydrogen-bond acceptors (Lipinski definition) is 4. The minimum absolute atomic E-state index is 0.341. The van der Waals surface area contributed by atoms with Crippen LogP contribution >= 0.6 is 0 Å². The van der Waals surface area contributed by atoms with Crippen LogP contribution in [0.15, 0.2) is 24.4 Å². The maximum Gasteiger partial charge on any atom is 0.337 e. The van der Waals surface area contributed by atoms with Gasteiger partial charge in [0.05, 0.1) is 25.3 Å². The first-order valence-corrected chi connectivity index (χ1v) is 7.47. The third-order valence-electron chi connectivity index (χ3n) is 3.70. The monoisotopic (exact) mass is 299 g/mol. The van der Waals surface area contributed by atoms with Crippen LogP contribution in [0.3, 0.4) is 0 Å². The van der Waals surface area contributed by atoms with Crippen molar-refractivity contribution in [2.24, 2.45) is 0 Å². The van der Waals surface area contributed by atoms with Gasteiger partial charge in [-0.3, -0.25) is 4.90 Å². The molecule has 0 aliphatic carbocycles. The molecule has 2 aromatic rings. The highest BCUT2D eigenvalue weighted by Gasteiger charge is 2.12. The van der Waals surface area contributed by atoms with Crippen molar-refractivity contribution in [3.63, 3.8) is 0 Å². The van der Waals surface area contributed by atoms with Crippen LogP contribution in [0.1, 0.15) is 35.7 Å². The summed E-state index contributed by atoms with van der Waals surface area (Å²) < 4.78 is 4.74. The number of aromatic amines is 1. The maximum atomic E-state index is 11.6. The number of nitrogens with one attached hydrogen (secondary N) is 1. The van der Waals surface area contributed by atoms with Gasteiger partial charge in [-0.05, 0) is 30.7 Å². The van der Waals surface area contributed by atoms with Gasteiger partial charge in [0, 0.05) is 23.6 Å². The molecule has 0 amide bonds. The van der Waals surface area contributed by atoms with Crippen LogP contribution in [0, 0.1) is 11.3 Å². The SMILES string of the molecule is CCCCN(CC#N)Cc1c[nH]c2cc(C(=O)OC)ccc12. The van der Waals surface area contributed by atoms with Crippen molar-refractivity contribution < 1.29 is 9.53 Å². The van der Waals surface area contributed by atoms with Gasteiger partial charge >= 0.3 is 5.97 Å². The first kappa shape index (κ1) is 16.1. The van der Waals surface area contributed by atoms with Gasteiger partial charge in [-0.25, -0.2) is 4.79 Å². The molecule has 0 spiro atoms. The predicted octanol–water partition coefficient (Wildman–Crippen LogP) is 3.08. The Bertz CT molecular complexity index is 685. The smallest absolute Gasteiger partial charge is 0.337 e. The molecule has 2 rings (SSSR count). The second kappa shape index (κ2) is 7.62. The van der Waals surface area contributed by atoms with Crippen LogP contribution in [-0.4, -0.2) is 36.1 Å². The number of aromatic nitrogens is 1. The van der Waals surface area contributed by atoms with Crippen LogP contribution in [-0.2, 0) is 11.3 Å². The van der Waals surface area contributed by atoms with Gasteiger partial charge in [0.15, 0.2) is 0 Å². The molecule has 0 fully saturated rings. The molecule has 22 heavy (non-hydrogen) atoms. The Labute approximate surface area is 130 Å². The molecular weight excluding hydrogens is 278 g/mol. The summed E-state index contributed by atoms with van der Waals surface area (Å²) in [5.74, 6) is -0.341. The van der Waals surface area contributed by atoms with Gasteiger partial charge in [-0.1, -0.05) is 19.4 Å². The van der Waals surface area contributed by atoms with Gasteiger partial charge in [0.2, 0.25) is 0 Å². The molecule has 5 nitrogen and oxygen atoms in total. The van der Waals surface area contributed by atoms with Crippen LogP contribution in [0.25, 0.3) is 10.9 Å². The molecule has 116 valence electrons. The number of hydrogen-bond donors (Lipinski definition) is 1. The third kappa shape index (κ3) is 3.66. The van der Waals surface area contributed by atoms with E-state index in [1.54, 1.807) is 12.1 Å². The summed E-state index contributed by atoms with van der Waals surface area (Å²) in [7, 11) is 1.38. The van der Waals surface area contributed by atoms with Crippen molar-refractivity contribution in [2.45, 2.75) is 26.3 Å². The molecule has 0 saturated heterocycles. The molecule has 1 N–H and O–H groups in total. The van der Waals surface area contributed by atoms with E-state index in [1.165, 1.54) is 7.11 Å². The van der Waals surface area contributed by atoms with Crippen molar-refractivity contribution in [3.05, 3.63) is 35.5 Å². The molecule has 0 saturated carbocycles. The van der Waals surface area contributed by atoms with E-state index in [1.807, 2.05) is 12.3 Å². The fraction of sp³-hybridized carbons (Fsp3) is 0.412. The van der Waals surface area contributed by atoms with E-state index < -0.39 is 0 Å². The number of esters is 1. The second-order valence-electron chi connectivity index (χ2n) is 5.29. The van der Waals surface area contributed by atoms with Gasteiger partial charge in [0.1, 0.15) is 0 Å². The van der Waals surface area contributed by atoms with Gasteiger partial charge < -0.3 is 9.72 Å². The number of nitriles is 1. The molecule has 0 unspecified atom stereocenters. The van der Waals surface area contributed by atoms with Crippen molar-refractivity contribution >= 4 is 16.9 Å². The molecule has 0 radical (unpaired) electrons. The van der Waals surface area contributed by atoms with Crippen molar-refractivity contribution in [1.29, 1.82) is 5.26 Å². The number of carbonyl (C=O) groups excluding carboxylic acids is 1. The summed E-state index contributed by atoms with van der Waals surface area (Å²) in [5.41, 5.74) is 2.58. The Morgan fingerprint density at radius 3 is 2.95 bits per heavy atom. The zero-order chi connectivity index (χ0) is 15.9. The van der Waals surface area contributed by atoms with Crippen LogP contribution in [0.4, 0.5) is 0 Å². The number of methoxy groups -OCH3 is 1. The lowest BCUT2D eigenvalue weighted by Crippen LogP contribution is -2.24. The number of ether oxygens (including phenoxy) is 1. The standard InChI is InChI=1S/C17H21N3O2/c1-3-4-8-20(9-7-18)12-14-11-19-16-10-13(17(21)22-2)5-6-15(14)16/h5-6,10-11,19H,3-4,8-9,12H2,1-2H3. The number of nitrogens with zero attached hydrogens (tertiary/aromatic N) is 2. The minimum atomic E-state index is -0.341. The number of carbonyl (C=O) groups is 1. The molecule has 0 aliphatic rings. The highest BCUT2D eigenvalue weighted by atomic mass is 16.5. The summed E-state index contributed by atoms with van der Waals surface area (Å²) in [6, 6.07) is 7.72. The maximum absolute atomic E-state index is 11.6. The van der Waals surface area contributed by atoms with E-state index in [0.29, 0.717) is 12.1 Å². The Hall–Kier alpha value is -2.32. The Balaban J connectivity index is 2.21. The van der Waals surface area contributed by atoms with Crippen molar-refractivity contribution in [3.8, 4) is 6.07 Å². The largest absolute Gasteiger partial charge is 0.465 e. The topological polar surface area (TPSA) is 69.1 Å². The van der Waals surface area contributed by atoms with Gasteiger partial charge in [-0.15, -0.1) is 0 Å². The van der Waals surface area contributed by atoms with Crippen LogP contribution in [0.5, 0.6) is 0 Å². The third-order valence-corrected chi connectivity index (χ3v) is 3.70. The number of benzene rings is 1. The molecule has 1 aromatic carbocycles. The van der Waals surface area contributed by atoms with Crippen LogP contribution < -0.4 is 0 Å². The average Bonchev–Trinajstić information content (AvgIpc) is 2.94. The fourth-order valence-corrected chi connectivity index (χ4v) is 2.50. The van der Waals surface area contributed by atoms with Crippen molar-refractivity contribution in [1.82, 2.24) is 9.88 Å². The predicted molar refractivity (Wildman–Crippen MR) is 85.4 cm³/mol. The van der Waals surface area contributed by atoms with Crippen molar-refractivity contribution in [2.75, 3.05) is 20.2 Å². The zero-order valence-corrected chi connectivity index (χ0v) is 13.1. The summed E-state index contributed by atoms with van der Waals surface area (Å²) in [5, 5.41) is 10.0. The molecule has 1 aromatic heterocycles. The minimum Gasteiger partial charge on any atom is -0.465 e. The molecule has 0 bridgehead atoms. The lowest BCUT2D eigenvalue weighted by atomic mass is 10.1. The Kier molecular flexibility index (Phi) is 5.56. The van der Waals surface area contributed by atoms with E-state index in [9.17, 15) is 4.79 Å². The normalized spacial score (nSPS) is 10.8. The quantitative estimate of drug-likeness (QED) is 0.630. The van der Waals surface area contributed by atoms with Gasteiger partial charge in [-0.2, -0.15) is 5.26 Å². The first-order valence-electron chi connectivity index (χ1n) is 7.47. The number of H-pyrrole nitrogens is 1. The Morgan fingerprint density at radius 1 is 1.45 bits per heavy atom. The second-order valence-corrected chi connectivity index (χ2v) is 5.29. The molecular formula is C17H21N3O2. The zero-order valence-electron chi connectivity index (χ0n) is 13.1. The van der Waals surface area contributed by atoms with Gasteiger partial charge in [0.25, 0.3) is 0 Å².